The molecule has 1 aliphatic heterocycles. The molecule has 1 saturated heterocycles. The first kappa shape index (κ1) is 13.5. The summed E-state index contributed by atoms with van der Waals surface area (Å²) in [6.45, 7) is 7.79. The number of esters is 1. The Morgan fingerprint density at radius 2 is 2.00 bits per heavy atom. The first-order valence-corrected chi connectivity index (χ1v) is 6.05. The molecule has 0 N–H and O–H groups in total. The molecule has 0 amide bonds. The molecule has 4 nitrogen and oxygen atoms in total. The van der Waals surface area contributed by atoms with Crippen LogP contribution < -0.4 is 0 Å². The van der Waals surface area contributed by atoms with Crippen LogP contribution in [0.2, 0.25) is 0 Å². The maximum Gasteiger partial charge on any atom is 0.323 e. The average molecular weight is 229 g/mol. The zero-order valence-electron chi connectivity index (χ0n) is 10.7. The summed E-state index contributed by atoms with van der Waals surface area (Å²) in [6, 6.07) is -0.108. The van der Waals surface area contributed by atoms with Crippen molar-refractivity contribution in [2.24, 2.45) is 0 Å². The number of rotatable bonds is 4. The molecule has 0 aromatic rings. The van der Waals surface area contributed by atoms with E-state index in [9.17, 15) is 4.79 Å². The van der Waals surface area contributed by atoms with Crippen LogP contribution in [0, 0.1) is 0 Å². The molecular weight excluding hydrogens is 206 g/mol. The van der Waals surface area contributed by atoms with Crippen molar-refractivity contribution in [3.63, 3.8) is 0 Å². The predicted octanol–water partition coefficient (Wildman–Crippen LogP) is 1.44. The Balaban J connectivity index is 2.65. The van der Waals surface area contributed by atoms with Gasteiger partial charge in [-0.05, 0) is 20.3 Å². The van der Waals surface area contributed by atoms with Crippen LogP contribution in [0.15, 0.2) is 0 Å². The van der Waals surface area contributed by atoms with E-state index in [0.29, 0.717) is 0 Å². The van der Waals surface area contributed by atoms with Gasteiger partial charge in [0.15, 0.2) is 0 Å². The van der Waals surface area contributed by atoms with E-state index in [1.807, 2.05) is 13.8 Å². The van der Waals surface area contributed by atoms with Gasteiger partial charge in [0.05, 0.1) is 19.3 Å². The van der Waals surface area contributed by atoms with E-state index in [1.165, 1.54) is 7.11 Å². The molecule has 3 unspecified atom stereocenters. The Morgan fingerprint density at radius 1 is 1.44 bits per heavy atom. The van der Waals surface area contributed by atoms with Gasteiger partial charge in [0.2, 0.25) is 0 Å². The van der Waals surface area contributed by atoms with Gasteiger partial charge in [-0.2, -0.15) is 0 Å². The van der Waals surface area contributed by atoms with Crippen LogP contribution in [0.1, 0.15) is 33.6 Å². The molecule has 0 aromatic carbocycles. The second kappa shape index (κ2) is 6.21. The fourth-order valence-electron chi connectivity index (χ4n) is 2.33. The van der Waals surface area contributed by atoms with Gasteiger partial charge >= 0.3 is 5.97 Å². The van der Waals surface area contributed by atoms with E-state index in [1.54, 1.807) is 0 Å². The number of ether oxygens (including phenoxy) is 2. The topological polar surface area (TPSA) is 38.8 Å². The molecule has 0 bridgehead atoms. The number of hydrogen-bond donors (Lipinski definition) is 0. The van der Waals surface area contributed by atoms with Gasteiger partial charge in [-0.3, -0.25) is 9.69 Å². The molecule has 0 aromatic heterocycles. The van der Waals surface area contributed by atoms with Crippen LogP contribution in [0.3, 0.4) is 0 Å². The van der Waals surface area contributed by atoms with Crippen molar-refractivity contribution in [1.82, 2.24) is 4.90 Å². The van der Waals surface area contributed by atoms with Gasteiger partial charge in [-0.15, -0.1) is 0 Å². The third-order valence-corrected chi connectivity index (χ3v) is 2.92. The van der Waals surface area contributed by atoms with Gasteiger partial charge in [-0.25, -0.2) is 0 Å². The lowest BCUT2D eigenvalue weighted by Crippen LogP contribution is -2.52. The van der Waals surface area contributed by atoms with E-state index in [2.05, 4.69) is 11.8 Å². The third-order valence-electron chi connectivity index (χ3n) is 2.92. The van der Waals surface area contributed by atoms with Gasteiger partial charge < -0.3 is 9.47 Å². The smallest absolute Gasteiger partial charge is 0.323 e. The summed E-state index contributed by atoms with van der Waals surface area (Å²) in [5.74, 6) is -0.122. The summed E-state index contributed by atoms with van der Waals surface area (Å²) in [7, 11) is 1.46. The minimum atomic E-state index is -0.122. The van der Waals surface area contributed by atoms with Gasteiger partial charge in [0.25, 0.3) is 0 Å². The maximum absolute atomic E-state index is 11.7. The average Bonchev–Trinajstić information content (AvgIpc) is 2.23. The summed E-state index contributed by atoms with van der Waals surface area (Å²) >= 11 is 0. The highest BCUT2D eigenvalue weighted by atomic mass is 16.5. The van der Waals surface area contributed by atoms with E-state index < -0.39 is 0 Å². The predicted molar refractivity (Wildman–Crippen MR) is 62.3 cm³/mol. The molecule has 3 atom stereocenters. The molecule has 1 fully saturated rings. The number of carbonyl (C=O) groups is 1. The number of nitrogens with zero attached hydrogens (tertiary/aromatic N) is 1. The molecule has 16 heavy (non-hydrogen) atoms. The summed E-state index contributed by atoms with van der Waals surface area (Å²) in [6.07, 6.45) is 2.21. The highest BCUT2D eigenvalue weighted by Crippen LogP contribution is 2.17. The van der Waals surface area contributed by atoms with Crippen LogP contribution >= 0.6 is 0 Å². The second-order valence-electron chi connectivity index (χ2n) is 4.54. The molecule has 1 aliphatic rings. The zero-order valence-corrected chi connectivity index (χ0v) is 10.7. The van der Waals surface area contributed by atoms with Crippen molar-refractivity contribution in [1.29, 1.82) is 0 Å². The zero-order chi connectivity index (χ0) is 12.1. The van der Waals surface area contributed by atoms with Crippen molar-refractivity contribution in [2.75, 3.05) is 20.2 Å². The number of methoxy groups -OCH3 is 1. The Hall–Kier alpha value is -0.610. The van der Waals surface area contributed by atoms with Crippen LogP contribution in [0.4, 0.5) is 0 Å². The van der Waals surface area contributed by atoms with Gasteiger partial charge in [0.1, 0.15) is 6.04 Å². The summed E-state index contributed by atoms with van der Waals surface area (Å²) in [5, 5.41) is 0. The van der Waals surface area contributed by atoms with Gasteiger partial charge in [0, 0.05) is 13.1 Å². The molecule has 1 heterocycles. The number of morpholine rings is 1. The second-order valence-corrected chi connectivity index (χ2v) is 4.54. The molecule has 1 rings (SSSR count). The van der Waals surface area contributed by atoms with Crippen molar-refractivity contribution >= 4 is 5.97 Å². The standard InChI is InChI=1S/C12H23NO3/c1-5-6-11(12(14)15-4)13-7-9(2)16-10(3)8-13/h9-11H,5-8H2,1-4H3. The quantitative estimate of drug-likeness (QED) is 0.684. The monoisotopic (exact) mass is 229 g/mol. The SMILES string of the molecule is CCCC(C(=O)OC)N1CC(C)OC(C)C1. The van der Waals surface area contributed by atoms with Crippen molar-refractivity contribution in [3.05, 3.63) is 0 Å². The van der Waals surface area contributed by atoms with E-state index in [0.717, 1.165) is 25.9 Å². The minimum absolute atomic E-state index is 0.108. The number of carbonyl (C=O) groups excluding carboxylic acids is 1. The molecular formula is C12H23NO3. The largest absolute Gasteiger partial charge is 0.468 e. The summed E-state index contributed by atoms with van der Waals surface area (Å²) in [5.41, 5.74) is 0. The number of hydrogen-bond acceptors (Lipinski definition) is 4. The van der Waals surface area contributed by atoms with E-state index in [4.69, 9.17) is 9.47 Å². The molecule has 0 saturated carbocycles. The lowest BCUT2D eigenvalue weighted by Gasteiger charge is -2.38. The fourth-order valence-corrected chi connectivity index (χ4v) is 2.33. The Labute approximate surface area is 97.9 Å². The first-order chi connectivity index (χ1) is 7.58. The highest BCUT2D eigenvalue weighted by molar-refractivity contribution is 5.75. The molecule has 0 radical (unpaired) electrons. The van der Waals surface area contributed by atoms with Crippen LogP contribution in [-0.4, -0.2) is 49.3 Å². The third kappa shape index (κ3) is 3.46. The lowest BCUT2D eigenvalue weighted by molar-refractivity contribution is -0.152. The summed E-state index contributed by atoms with van der Waals surface area (Å²) < 4.78 is 10.5. The normalized spacial score (nSPS) is 28.8. The van der Waals surface area contributed by atoms with E-state index >= 15 is 0 Å². The van der Waals surface area contributed by atoms with Crippen molar-refractivity contribution < 1.29 is 14.3 Å². The Kier molecular flexibility index (Phi) is 5.22. The van der Waals surface area contributed by atoms with Gasteiger partial charge in [-0.1, -0.05) is 13.3 Å². The van der Waals surface area contributed by atoms with Crippen LogP contribution in [0.25, 0.3) is 0 Å². The Bertz CT molecular complexity index is 222. The molecule has 0 aliphatic carbocycles. The lowest BCUT2D eigenvalue weighted by atomic mass is 10.1. The fraction of sp³-hybridized carbons (Fsp3) is 0.917. The Morgan fingerprint density at radius 3 is 2.44 bits per heavy atom. The van der Waals surface area contributed by atoms with E-state index in [-0.39, 0.29) is 24.2 Å². The van der Waals surface area contributed by atoms with Crippen LogP contribution in [-0.2, 0) is 14.3 Å². The first-order valence-electron chi connectivity index (χ1n) is 6.05. The summed E-state index contributed by atoms with van der Waals surface area (Å²) in [4.78, 5) is 13.9. The molecule has 0 spiro atoms. The van der Waals surface area contributed by atoms with Crippen LogP contribution in [0.5, 0.6) is 0 Å². The molecule has 4 heteroatoms. The minimum Gasteiger partial charge on any atom is -0.468 e. The maximum atomic E-state index is 11.7. The highest BCUT2D eigenvalue weighted by Gasteiger charge is 2.31. The molecule has 94 valence electrons. The van der Waals surface area contributed by atoms with Crippen molar-refractivity contribution in [2.45, 2.75) is 51.9 Å². The van der Waals surface area contributed by atoms with Crippen molar-refractivity contribution in [3.8, 4) is 0 Å².